The summed E-state index contributed by atoms with van der Waals surface area (Å²) in [7, 11) is 0. The number of anilines is 1. The highest BCUT2D eigenvalue weighted by Gasteiger charge is 2.23. The largest absolute Gasteiger partial charge is 0.449 e. The van der Waals surface area contributed by atoms with Crippen molar-refractivity contribution in [2.75, 3.05) is 5.32 Å². The van der Waals surface area contributed by atoms with Crippen LogP contribution in [0.4, 0.5) is 13.8 Å². The third-order valence-electron chi connectivity index (χ3n) is 2.87. The third-order valence-corrected chi connectivity index (χ3v) is 4.42. The Hall–Kier alpha value is -2.51. The van der Waals surface area contributed by atoms with E-state index in [1.807, 2.05) is 6.07 Å². The molecule has 0 aromatic carbocycles. The maximum atomic E-state index is 12.5. The fourth-order valence-electron chi connectivity index (χ4n) is 1.71. The lowest BCUT2D eigenvalue weighted by atomic mass is 10.3. The van der Waals surface area contributed by atoms with Crippen LogP contribution in [-0.4, -0.2) is 28.7 Å². The second kappa shape index (κ2) is 8.55. The number of ether oxygens (including phenoxy) is 1. The van der Waals surface area contributed by atoms with Crippen molar-refractivity contribution in [3.05, 3.63) is 40.9 Å². The normalized spacial score (nSPS) is 11.6. The first-order valence-electron chi connectivity index (χ1n) is 6.81. The van der Waals surface area contributed by atoms with E-state index in [-0.39, 0.29) is 22.4 Å². The molecule has 0 radical (unpaired) electrons. The van der Waals surface area contributed by atoms with Crippen LogP contribution in [0.25, 0.3) is 0 Å². The third kappa shape index (κ3) is 4.98. The Bertz CT molecular complexity index is 820. The molecule has 2 rings (SSSR count). The molecule has 0 spiro atoms. The van der Waals surface area contributed by atoms with Crippen molar-refractivity contribution in [1.29, 1.82) is 5.26 Å². The molecule has 0 bridgehead atoms. The standard InChI is InChI=1S/C15H11F2N3O3S2/c1-8(11(21)20-12-9(7-18)4-6-24-12)23-14(22)10-3-2-5-19-13(10)25-15(16)17/h2-6,8,15H,1H3,(H,20,21). The highest BCUT2D eigenvalue weighted by Crippen LogP contribution is 2.27. The van der Waals surface area contributed by atoms with Gasteiger partial charge in [0.05, 0.1) is 11.1 Å². The number of thiophene rings is 1. The van der Waals surface area contributed by atoms with Gasteiger partial charge in [-0.05, 0) is 42.3 Å². The van der Waals surface area contributed by atoms with Crippen LogP contribution in [0.3, 0.4) is 0 Å². The Morgan fingerprint density at radius 2 is 2.20 bits per heavy atom. The van der Waals surface area contributed by atoms with Crippen LogP contribution in [0, 0.1) is 11.3 Å². The summed E-state index contributed by atoms with van der Waals surface area (Å²) in [5, 5.41) is 13.2. The zero-order valence-corrected chi connectivity index (χ0v) is 14.4. The molecule has 25 heavy (non-hydrogen) atoms. The number of thioether (sulfide) groups is 1. The van der Waals surface area contributed by atoms with Gasteiger partial charge in [-0.3, -0.25) is 4.79 Å². The summed E-state index contributed by atoms with van der Waals surface area (Å²) in [6.45, 7) is 1.34. The number of esters is 1. The van der Waals surface area contributed by atoms with Crippen LogP contribution in [0.1, 0.15) is 22.8 Å². The molecule has 0 saturated heterocycles. The van der Waals surface area contributed by atoms with E-state index >= 15 is 0 Å². The van der Waals surface area contributed by atoms with Gasteiger partial charge >= 0.3 is 5.97 Å². The van der Waals surface area contributed by atoms with Crippen LogP contribution in [0.5, 0.6) is 0 Å². The number of hydrogen-bond acceptors (Lipinski definition) is 7. The van der Waals surface area contributed by atoms with Crippen LogP contribution >= 0.6 is 23.1 Å². The Kier molecular flexibility index (Phi) is 6.44. The van der Waals surface area contributed by atoms with E-state index in [2.05, 4.69) is 10.3 Å². The van der Waals surface area contributed by atoms with E-state index in [0.29, 0.717) is 10.6 Å². The molecule has 1 unspecified atom stereocenters. The lowest BCUT2D eigenvalue weighted by Gasteiger charge is -2.14. The second-order valence-corrected chi connectivity index (χ2v) is 6.44. The number of pyridine rings is 1. The number of nitrogens with zero attached hydrogens (tertiary/aromatic N) is 2. The number of carbonyl (C=O) groups is 2. The van der Waals surface area contributed by atoms with Gasteiger partial charge in [-0.25, -0.2) is 9.78 Å². The summed E-state index contributed by atoms with van der Waals surface area (Å²) < 4.78 is 30.1. The van der Waals surface area contributed by atoms with Crippen molar-refractivity contribution >= 4 is 40.0 Å². The molecular weight excluding hydrogens is 372 g/mol. The molecule has 2 aromatic rings. The minimum absolute atomic E-state index is 0.117. The second-order valence-electron chi connectivity index (χ2n) is 4.55. The van der Waals surface area contributed by atoms with Gasteiger partial charge in [-0.1, -0.05) is 0 Å². The van der Waals surface area contributed by atoms with Gasteiger partial charge < -0.3 is 10.1 Å². The predicted molar refractivity (Wildman–Crippen MR) is 88.6 cm³/mol. The monoisotopic (exact) mass is 383 g/mol. The van der Waals surface area contributed by atoms with E-state index in [1.54, 1.807) is 11.4 Å². The number of aromatic nitrogens is 1. The number of alkyl halides is 2. The van der Waals surface area contributed by atoms with Gasteiger partial charge in [0, 0.05) is 6.20 Å². The number of nitrogens with one attached hydrogen (secondary N) is 1. The van der Waals surface area contributed by atoms with Crippen molar-refractivity contribution in [2.24, 2.45) is 0 Å². The van der Waals surface area contributed by atoms with E-state index in [1.165, 1.54) is 25.3 Å². The quantitative estimate of drug-likeness (QED) is 0.606. The summed E-state index contributed by atoms with van der Waals surface area (Å²) in [6, 6.07) is 6.15. The van der Waals surface area contributed by atoms with Crippen LogP contribution in [-0.2, 0) is 9.53 Å². The zero-order chi connectivity index (χ0) is 18.4. The summed E-state index contributed by atoms with van der Waals surface area (Å²) in [4.78, 5) is 27.9. The van der Waals surface area contributed by atoms with Crippen molar-refractivity contribution in [3.8, 4) is 6.07 Å². The van der Waals surface area contributed by atoms with E-state index in [4.69, 9.17) is 10.00 Å². The van der Waals surface area contributed by atoms with E-state index in [0.717, 1.165) is 11.3 Å². The number of nitriles is 1. The number of amides is 1. The number of hydrogen-bond donors (Lipinski definition) is 1. The van der Waals surface area contributed by atoms with Crippen molar-refractivity contribution in [3.63, 3.8) is 0 Å². The van der Waals surface area contributed by atoms with Gasteiger partial charge in [0.1, 0.15) is 16.1 Å². The lowest BCUT2D eigenvalue weighted by Crippen LogP contribution is -2.30. The molecule has 2 heterocycles. The fourth-order valence-corrected chi connectivity index (χ4v) is 3.02. The average molecular weight is 383 g/mol. The smallest absolute Gasteiger partial charge is 0.341 e. The van der Waals surface area contributed by atoms with Gasteiger partial charge in [-0.15, -0.1) is 11.3 Å². The van der Waals surface area contributed by atoms with Gasteiger partial charge in [0.2, 0.25) is 0 Å². The number of rotatable bonds is 6. The molecule has 1 amide bonds. The molecule has 10 heteroatoms. The summed E-state index contributed by atoms with van der Waals surface area (Å²) in [5.41, 5.74) is 0.140. The first-order chi connectivity index (χ1) is 11.9. The number of carbonyl (C=O) groups excluding carboxylic acids is 2. The van der Waals surface area contributed by atoms with Crippen LogP contribution in [0.2, 0.25) is 0 Å². The van der Waals surface area contributed by atoms with E-state index in [9.17, 15) is 18.4 Å². The molecule has 1 atom stereocenters. The summed E-state index contributed by atoms with van der Waals surface area (Å²) in [5.74, 6) is -4.32. The predicted octanol–water partition coefficient (Wildman–Crippen LogP) is 3.51. The summed E-state index contributed by atoms with van der Waals surface area (Å²) >= 11 is 1.27. The minimum Gasteiger partial charge on any atom is -0.449 e. The Morgan fingerprint density at radius 3 is 2.88 bits per heavy atom. The molecule has 6 nitrogen and oxygen atoms in total. The molecule has 0 fully saturated rings. The molecule has 2 aromatic heterocycles. The zero-order valence-electron chi connectivity index (χ0n) is 12.7. The maximum Gasteiger partial charge on any atom is 0.341 e. The minimum atomic E-state index is -2.74. The number of halogens is 2. The van der Waals surface area contributed by atoms with Gasteiger partial charge in [-0.2, -0.15) is 14.0 Å². The molecule has 0 aliphatic heterocycles. The van der Waals surface area contributed by atoms with E-state index < -0.39 is 23.7 Å². The summed E-state index contributed by atoms with van der Waals surface area (Å²) in [6.07, 6.45) is 0.0865. The molecule has 1 N–H and O–H groups in total. The Morgan fingerprint density at radius 1 is 1.44 bits per heavy atom. The highest BCUT2D eigenvalue weighted by molar-refractivity contribution is 7.99. The molecule has 0 aliphatic rings. The fraction of sp³-hybridized carbons (Fsp3) is 0.200. The van der Waals surface area contributed by atoms with Crippen LogP contribution in [0.15, 0.2) is 34.8 Å². The molecule has 0 aliphatic carbocycles. The van der Waals surface area contributed by atoms with Crippen LogP contribution < -0.4 is 5.32 Å². The van der Waals surface area contributed by atoms with Crippen molar-refractivity contribution in [2.45, 2.75) is 23.8 Å². The van der Waals surface area contributed by atoms with Gasteiger partial charge in [0.25, 0.3) is 11.7 Å². The Balaban J connectivity index is 2.05. The molecule has 0 saturated carbocycles. The first-order valence-corrected chi connectivity index (χ1v) is 8.57. The average Bonchev–Trinajstić information content (AvgIpc) is 3.01. The molecular formula is C15H11F2N3O3S2. The Labute approximate surface area is 149 Å². The highest BCUT2D eigenvalue weighted by atomic mass is 32.2. The first kappa shape index (κ1) is 18.8. The SMILES string of the molecule is CC(OC(=O)c1cccnc1SC(F)F)C(=O)Nc1sccc1C#N. The van der Waals surface area contributed by atoms with Gasteiger partial charge in [0.15, 0.2) is 6.10 Å². The van der Waals surface area contributed by atoms with Crippen molar-refractivity contribution in [1.82, 2.24) is 4.98 Å². The maximum absolute atomic E-state index is 12.5. The molecule has 130 valence electrons. The lowest BCUT2D eigenvalue weighted by molar-refractivity contribution is -0.123. The van der Waals surface area contributed by atoms with Crippen molar-refractivity contribution < 1.29 is 23.1 Å². The topological polar surface area (TPSA) is 92.1 Å².